The van der Waals surface area contributed by atoms with Gasteiger partial charge >= 0.3 is 5.97 Å². The first kappa shape index (κ1) is 11.4. The van der Waals surface area contributed by atoms with E-state index in [0.29, 0.717) is 18.7 Å². The Kier molecular flexibility index (Phi) is 2.99. The fourth-order valence-corrected chi connectivity index (χ4v) is 2.07. The van der Waals surface area contributed by atoms with Crippen LogP contribution in [0.2, 0.25) is 0 Å². The van der Waals surface area contributed by atoms with Crippen molar-refractivity contribution in [3.05, 3.63) is 24.3 Å². The summed E-state index contributed by atoms with van der Waals surface area (Å²) in [6.45, 7) is 0.453. The molecule has 2 rings (SSSR count). The molecule has 90 valence electrons. The molecule has 1 fully saturated rings. The smallest absolute Gasteiger partial charge is 0.304 e. The minimum Gasteiger partial charge on any atom is -0.506 e. The Morgan fingerprint density at radius 3 is 2.76 bits per heavy atom. The predicted molar refractivity (Wildman–Crippen MR) is 60.8 cm³/mol. The molecule has 5 nitrogen and oxygen atoms in total. The summed E-state index contributed by atoms with van der Waals surface area (Å²) < 4.78 is 0. The largest absolute Gasteiger partial charge is 0.506 e. The van der Waals surface area contributed by atoms with Gasteiger partial charge in [0.15, 0.2) is 0 Å². The minimum atomic E-state index is -0.970. The highest BCUT2D eigenvalue weighted by Gasteiger charge is 2.34. The zero-order chi connectivity index (χ0) is 12.4. The average molecular weight is 235 g/mol. The molecule has 1 atom stereocenters. The van der Waals surface area contributed by atoms with Gasteiger partial charge in [0.25, 0.3) is 0 Å². The molecule has 1 amide bonds. The average Bonchev–Trinajstić information content (AvgIpc) is 2.61. The number of nitrogens with zero attached hydrogens (tertiary/aromatic N) is 1. The van der Waals surface area contributed by atoms with Gasteiger partial charge in [-0.15, -0.1) is 0 Å². The van der Waals surface area contributed by atoms with Crippen molar-refractivity contribution in [1.82, 2.24) is 0 Å². The van der Waals surface area contributed by atoms with Crippen molar-refractivity contribution in [3.63, 3.8) is 0 Å². The maximum atomic E-state index is 11.9. The molecule has 1 aliphatic rings. The number of phenols is 1. The molecule has 1 heterocycles. The van der Waals surface area contributed by atoms with Crippen molar-refractivity contribution in [2.75, 3.05) is 11.4 Å². The molecule has 1 saturated heterocycles. The van der Waals surface area contributed by atoms with Gasteiger partial charge in [-0.25, -0.2) is 0 Å². The molecule has 1 aliphatic heterocycles. The molecule has 2 N–H and O–H groups in total. The van der Waals surface area contributed by atoms with Gasteiger partial charge in [0.2, 0.25) is 5.91 Å². The number of phenolic OH excluding ortho intramolecular Hbond substituents is 1. The van der Waals surface area contributed by atoms with E-state index in [9.17, 15) is 14.7 Å². The third-order valence-corrected chi connectivity index (χ3v) is 2.91. The summed E-state index contributed by atoms with van der Waals surface area (Å²) in [6.07, 6.45) is 0.363. The molecule has 0 radical (unpaired) electrons. The van der Waals surface area contributed by atoms with E-state index >= 15 is 0 Å². The van der Waals surface area contributed by atoms with Crippen molar-refractivity contribution in [2.24, 2.45) is 5.92 Å². The fourth-order valence-electron chi connectivity index (χ4n) is 2.07. The van der Waals surface area contributed by atoms with Crippen LogP contribution in [0, 0.1) is 5.92 Å². The number of hydrogen-bond donors (Lipinski definition) is 2. The number of benzene rings is 1. The topological polar surface area (TPSA) is 77.8 Å². The second kappa shape index (κ2) is 4.45. The predicted octanol–water partition coefficient (Wildman–Crippen LogP) is 1.22. The van der Waals surface area contributed by atoms with Crippen LogP contribution in [0.25, 0.3) is 0 Å². The van der Waals surface area contributed by atoms with Crippen LogP contribution in [0.3, 0.4) is 0 Å². The van der Waals surface area contributed by atoms with Crippen LogP contribution in [-0.2, 0) is 9.59 Å². The van der Waals surface area contributed by atoms with Gasteiger partial charge in [0.05, 0.1) is 18.0 Å². The van der Waals surface area contributed by atoms with Crippen LogP contribution in [0.1, 0.15) is 12.8 Å². The third kappa shape index (κ3) is 2.22. The number of amides is 1. The summed E-state index contributed by atoms with van der Waals surface area (Å²) >= 11 is 0. The van der Waals surface area contributed by atoms with Crippen LogP contribution in [0.5, 0.6) is 5.75 Å². The van der Waals surface area contributed by atoms with E-state index < -0.39 is 11.9 Å². The summed E-state index contributed by atoms with van der Waals surface area (Å²) in [6, 6.07) is 6.56. The molecular formula is C12H13NO4. The van der Waals surface area contributed by atoms with Gasteiger partial charge in [-0.3, -0.25) is 9.59 Å². The number of aliphatic carboxylic acids is 1. The second-order valence-corrected chi connectivity index (χ2v) is 4.06. The highest BCUT2D eigenvalue weighted by Crippen LogP contribution is 2.32. The van der Waals surface area contributed by atoms with Crippen molar-refractivity contribution in [3.8, 4) is 5.75 Å². The monoisotopic (exact) mass is 235 g/mol. The zero-order valence-corrected chi connectivity index (χ0v) is 9.17. The molecule has 0 saturated carbocycles. The van der Waals surface area contributed by atoms with E-state index in [1.807, 2.05) is 0 Å². The summed E-state index contributed by atoms with van der Waals surface area (Å²) in [7, 11) is 0. The Morgan fingerprint density at radius 2 is 2.12 bits per heavy atom. The molecule has 0 spiro atoms. The van der Waals surface area contributed by atoms with Crippen molar-refractivity contribution in [1.29, 1.82) is 0 Å². The van der Waals surface area contributed by atoms with Crippen molar-refractivity contribution < 1.29 is 19.8 Å². The van der Waals surface area contributed by atoms with Crippen LogP contribution >= 0.6 is 0 Å². The Balaban J connectivity index is 2.18. The minimum absolute atomic E-state index is 0.0387. The zero-order valence-electron chi connectivity index (χ0n) is 9.17. The SMILES string of the molecule is O=C(O)CC1CCN(c2ccccc2O)C1=O. The summed E-state index contributed by atoms with van der Waals surface area (Å²) in [5.74, 6) is -1.64. The summed E-state index contributed by atoms with van der Waals surface area (Å²) in [4.78, 5) is 24.0. The van der Waals surface area contributed by atoms with Crippen molar-refractivity contribution in [2.45, 2.75) is 12.8 Å². The second-order valence-electron chi connectivity index (χ2n) is 4.06. The Hall–Kier alpha value is -2.04. The van der Waals surface area contributed by atoms with Gasteiger partial charge in [-0.2, -0.15) is 0 Å². The molecule has 1 aromatic carbocycles. The first-order valence-corrected chi connectivity index (χ1v) is 5.40. The van der Waals surface area contributed by atoms with E-state index in [4.69, 9.17) is 5.11 Å². The number of carboxylic acid groups (broad SMARTS) is 1. The van der Waals surface area contributed by atoms with E-state index in [0.717, 1.165) is 0 Å². The van der Waals surface area contributed by atoms with Crippen molar-refractivity contribution >= 4 is 17.6 Å². The van der Waals surface area contributed by atoms with Gasteiger partial charge in [-0.05, 0) is 18.6 Å². The highest BCUT2D eigenvalue weighted by atomic mass is 16.4. The molecule has 0 bridgehead atoms. The van der Waals surface area contributed by atoms with Crippen LogP contribution in [0.4, 0.5) is 5.69 Å². The molecule has 17 heavy (non-hydrogen) atoms. The summed E-state index contributed by atoms with van der Waals surface area (Å²) in [5, 5.41) is 18.3. The maximum Gasteiger partial charge on any atom is 0.304 e. The first-order chi connectivity index (χ1) is 8.09. The maximum absolute atomic E-state index is 11.9. The standard InChI is InChI=1S/C12H13NO4/c14-10-4-2-1-3-9(10)13-6-5-8(12(13)17)7-11(15)16/h1-4,8,14H,5-7H2,(H,15,16). The number of carbonyl (C=O) groups is 2. The first-order valence-electron chi connectivity index (χ1n) is 5.40. The number of para-hydroxylation sites is 2. The third-order valence-electron chi connectivity index (χ3n) is 2.91. The Morgan fingerprint density at radius 1 is 1.41 bits per heavy atom. The van der Waals surface area contributed by atoms with Gasteiger partial charge < -0.3 is 15.1 Å². The lowest BCUT2D eigenvalue weighted by Crippen LogP contribution is -2.27. The number of rotatable bonds is 3. The lowest BCUT2D eigenvalue weighted by Gasteiger charge is -2.17. The molecule has 1 unspecified atom stereocenters. The number of aromatic hydroxyl groups is 1. The molecule has 0 aromatic heterocycles. The van der Waals surface area contributed by atoms with Gasteiger partial charge in [0.1, 0.15) is 5.75 Å². The molecule has 1 aromatic rings. The number of carbonyl (C=O) groups excluding carboxylic acids is 1. The van der Waals surface area contributed by atoms with Gasteiger partial charge in [0, 0.05) is 6.54 Å². The highest BCUT2D eigenvalue weighted by molar-refractivity contribution is 5.99. The Labute approximate surface area is 98.3 Å². The van der Waals surface area contributed by atoms with E-state index in [-0.39, 0.29) is 18.1 Å². The fraction of sp³-hybridized carbons (Fsp3) is 0.333. The van der Waals surface area contributed by atoms with Gasteiger partial charge in [-0.1, -0.05) is 12.1 Å². The lowest BCUT2D eigenvalue weighted by molar-refractivity contribution is -0.140. The van der Waals surface area contributed by atoms with E-state index in [1.54, 1.807) is 18.2 Å². The Bertz CT molecular complexity index is 458. The van der Waals surface area contributed by atoms with Crippen LogP contribution < -0.4 is 4.90 Å². The van der Waals surface area contributed by atoms with E-state index in [2.05, 4.69) is 0 Å². The van der Waals surface area contributed by atoms with Crippen LogP contribution in [-0.4, -0.2) is 28.6 Å². The van der Waals surface area contributed by atoms with E-state index in [1.165, 1.54) is 11.0 Å². The number of anilines is 1. The normalized spacial score (nSPS) is 19.6. The molecule has 0 aliphatic carbocycles. The number of carboxylic acids is 1. The van der Waals surface area contributed by atoms with Crippen LogP contribution in [0.15, 0.2) is 24.3 Å². The quantitative estimate of drug-likeness (QED) is 0.825. The lowest BCUT2D eigenvalue weighted by atomic mass is 10.0. The number of hydrogen-bond acceptors (Lipinski definition) is 3. The summed E-state index contributed by atoms with van der Waals surface area (Å²) in [5.41, 5.74) is 0.449. The molecular weight excluding hydrogens is 222 g/mol. The molecule has 5 heteroatoms.